The van der Waals surface area contributed by atoms with Crippen molar-refractivity contribution in [3.05, 3.63) is 89.5 Å². The Morgan fingerprint density at radius 1 is 1.13 bits per heavy atom. The molecule has 1 aliphatic heterocycles. The minimum absolute atomic E-state index is 0.567. The molecule has 1 unspecified atom stereocenters. The van der Waals surface area contributed by atoms with Gasteiger partial charge in [-0.15, -0.1) is 0 Å². The maximum atomic E-state index is 11.3. The number of benzene rings is 2. The van der Waals surface area contributed by atoms with E-state index in [0.717, 1.165) is 28.3 Å². The standard InChI is InChI=1S/C24H23N5O2/c1-17-15-28(16-25-17)20-10-8-18(14-21(20)31-2)9-11-22-26-23-24(30,12-13-29(23)27-22)19-6-4-3-5-7-19/h3-11,14-16,30H,12-13H2,1-2H3/b11-9+. The van der Waals surface area contributed by atoms with Crippen LogP contribution in [0.25, 0.3) is 17.8 Å². The molecule has 0 saturated heterocycles. The van der Waals surface area contributed by atoms with E-state index in [9.17, 15) is 5.11 Å². The van der Waals surface area contributed by atoms with E-state index in [0.29, 0.717) is 24.6 Å². The topological polar surface area (TPSA) is 78.0 Å². The van der Waals surface area contributed by atoms with Crippen molar-refractivity contribution in [2.24, 2.45) is 0 Å². The lowest BCUT2D eigenvalue weighted by molar-refractivity contribution is 0.0785. The molecular formula is C24H23N5O2. The average Bonchev–Trinajstić information content (AvgIpc) is 3.50. The predicted octanol–water partition coefficient (Wildman–Crippen LogP) is 3.59. The average molecular weight is 413 g/mol. The van der Waals surface area contributed by atoms with Gasteiger partial charge in [-0.05, 0) is 36.3 Å². The summed E-state index contributed by atoms with van der Waals surface area (Å²) in [6, 6.07) is 15.6. The van der Waals surface area contributed by atoms with Crippen LogP contribution in [0.1, 0.15) is 34.9 Å². The molecule has 4 aromatic rings. The first-order valence-corrected chi connectivity index (χ1v) is 10.2. The van der Waals surface area contributed by atoms with Crippen LogP contribution in [0.3, 0.4) is 0 Å². The van der Waals surface area contributed by atoms with E-state index < -0.39 is 5.60 Å². The van der Waals surface area contributed by atoms with Crippen molar-refractivity contribution in [3.8, 4) is 11.4 Å². The summed E-state index contributed by atoms with van der Waals surface area (Å²) in [6.45, 7) is 2.59. The zero-order valence-electron chi connectivity index (χ0n) is 17.4. The van der Waals surface area contributed by atoms with E-state index in [2.05, 4.69) is 15.1 Å². The Labute approximate surface area is 180 Å². The molecule has 0 fully saturated rings. The molecule has 5 rings (SSSR count). The van der Waals surface area contributed by atoms with E-state index in [1.807, 2.05) is 78.4 Å². The highest BCUT2D eigenvalue weighted by atomic mass is 16.5. The summed E-state index contributed by atoms with van der Waals surface area (Å²) < 4.78 is 9.30. The zero-order chi connectivity index (χ0) is 21.4. The van der Waals surface area contributed by atoms with Crippen molar-refractivity contribution in [2.45, 2.75) is 25.5 Å². The van der Waals surface area contributed by atoms with Gasteiger partial charge >= 0.3 is 0 Å². The number of fused-ring (bicyclic) bond motifs is 1. The number of imidazole rings is 1. The number of aliphatic hydroxyl groups is 1. The molecule has 1 N–H and O–H groups in total. The molecule has 0 amide bonds. The number of aryl methyl sites for hydroxylation is 2. The van der Waals surface area contributed by atoms with Gasteiger partial charge in [-0.25, -0.2) is 14.6 Å². The largest absolute Gasteiger partial charge is 0.495 e. The monoisotopic (exact) mass is 413 g/mol. The molecule has 2 aromatic carbocycles. The van der Waals surface area contributed by atoms with Crippen molar-refractivity contribution in [1.29, 1.82) is 0 Å². The summed E-state index contributed by atoms with van der Waals surface area (Å²) in [5, 5.41) is 15.8. The van der Waals surface area contributed by atoms with Gasteiger partial charge in [-0.3, -0.25) is 0 Å². The van der Waals surface area contributed by atoms with E-state index in [1.165, 1.54) is 0 Å². The van der Waals surface area contributed by atoms with Crippen molar-refractivity contribution >= 4 is 12.2 Å². The lowest BCUT2D eigenvalue weighted by Crippen LogP contribution is -2.25. The summed E-state index contributed by atoms with van der Waals surface area (Å²) in [5.41, 5.74) is 2.57. The third-order valence-electron chi connectivity index (χ3n) is 5.61. The van der Waals surface area contributed by atoms with Crippen LogP contribution in [0.15, 0.2) is 61.1 Å². The van der Waals surface area contributed by atoms with Crippen LogP contribution in [0.4, 0.5) is 0 Å². The lowest BCUT2D eigenvalue weighted by Gasteiger charge is -2.20. The first kappa shape index (κ1) is 19.3. The van der Waals surface area contributed by atoms with Crippen LogP contribution in [0, 0.1) is 6.92 Å². The second-order valence-electron chi connectivity index (χ2n) is 7.68. The maximum Gasteiger partial charge on any atom is 0.174 e. The van der Waals surface area contributed by atoms with Gasteiger partial charge in [0.05, 0.1) is 24.8 Å². The number of hydrogen-bond donors (Lipinski definition) is 1. The van der Waals surface area contributed by atoms with E-state index in [4.69, 9.17) is 4.74 Å². The second-order valence-corrected chi connectivity index (χ2v) is 7.68. The highest BCUT2D eigenvalue weighted by molar-refractivity contribution is 5.69. The van der Waals surface area contributed by atoms with E-state index in [1.54, 1.807) is 18.1 Å². The minimum Gasteiger partial charge on any atom is -0.495 e. The highest BCUT2D eigenvalue weighted by Crippen LogP contribution is 2.37. The number of aromatic nitrogens is 5. The van der Waals surface area contributed by atoms with Crippen LogP contribution in [0.5, 0.6) is 5.75 Å². The minimum atomic E-state index is -1.10. The molecule has 7 heteroatoms. The number of methoxy groups -OCH3 is 1. The van der Waals surface area contributed by atoms with Crippen LogP contribution in [-0.4, -0.2) is 36.5 Å². The van der Waals surface area contributed by atoms with Gasteiger partial charge < -0.3 is 14.4 Å². The summed E-state index contributed by atoms with van der Waals surface area (Å²) in [4.78, 5) is 8.90. The fourth-order valence-corrected chi connectivity index (χ4v) is 3.99. The van der Waals surface area contributed by atoms with Crippen LogP contribution < -0.4 is 4.74 Å². The van der Waals surface area contributed by atoms with Gasteiger partial charge in [0.1, 0.15) is 5.75 Å². The summed E-state index contributed by atoms with van der Waals surface area (Å²) >= 11 is 0. The van der Waals surface area contributed by atoms with Crippen molar-refractivity contribution in [1.82, 2.24) is 24.3 Å². The van der Waals surface area contributed by atoms with E-state index in [-0.39, 0.29) is 0 Å². The fourth-order valence-electron chi connectivity index (χ4n) is 3.99. The second kappa shape index (κ2) is 7.52. The van der Waals surface area contributed by atoms with Crippen LogP contribution >= 0.6 is 0 Å². The van der Waals surface area contributed by atoms with Crippen LogP contribution in [-0.2, 0) is 12.1 Å². The number of rotatable bonds is 5. The lowest BCUT2D eigenvalue weighted by atomic mass is 9.92. The molecule has 0 saturated carbocycles. The third kappa shape index (κ3) is 3.43. The van der Waals surface area contributed by atoms with Gasteiger partial charge in [-0.1, -0.05) is 42.5 Å². The smallest absolute Gasteiger partial charge is 0.174 e. The Balaban J connectivity index is 1.42. The molecule has 2 aromatic heterocycles. The Morgan fingerprint density at radius 2 is 1.97 bits per heavy atom. The fraction of sp³-hybridized carbons (Fsp3) is 0.208. The molecule has 0 radical (unpaired) electrons. The number of ether oxygens (including phenoxy) is 1. The Kier molecular flexibility index (Phi) is 4.67. The summed E-state index contributed by atoms with van der Waals surface area (Å²) in [6.07, 6.45) is 8.10. The SMILES string of the molecule is COc1cc(/C=C/c2nc3n(n2)CCC3(O)c2ccccc2)ccc1-n1cnc(C)c1. The molecule has 1 atom stereocenters. The third-order valence-corrected chi connectivity index (χ3v) is 5.61. The first-order chi connectivity index (χ1) is 15.1. The van der Waals surface area contributed by atoms with Gasteiger partial charge in [-0.2, -0.15) is 5.10 Å². The molecule has 156 valence electrons. The normalized spacial score (nSPS) is 17.9. The first-order valence-electron chi connectivity index (χ1n) is 10.2. The van der Waals surface area contributed by atoms with Crippen molar-refractivity contribution < 1.29 is 9.84 Å². The predicted molar refractivity (Wildman–Crippen MR) is 118 cm³/mol. The molecule has 1 aliphatic rings. The highest BCUT2D eigenvalue weighted by Gasteiger charge is 2.41. The van der Waals surface area contributed by atoms with Crippen molar-refractivity contribution in [3.63, 3.8) is 0 Å². The molecule has 0 spiro atoms. The number of hydrogen-bond acceptors (Lipinski definition) is 5. The molecular weight excluding hydrogens is 390 g/mol. The molecule has 3 heterocycles. The zero-order valence-corrected chi connectivity index (χ0v) is 17.4. The van der Waals surface area contributed by atoms with Crippen molar-refractivity contribution in [2.75, 3.05) is 7.11 Å². The summed E-state index contributed by atoms with van der Waals surface area (Å²) in [7, 11) is 1.65. The molecule has 0 aliphatic carbocycles. The Bertz CT molecular complexity index is 1260. The summed E-state index contributed by atoms with van der Waals surface area (Å²) in [5.74, 6) is 1.90. The Morgan fingerprint density at radius 3 is 2.71 bits per heavy atom. The molecule has 7 nitrogen and oxygen atoms in total. The van der Waals surface area contributed by atoms with Gasteiger partial charge in [0, 0.05) is 19.2 Å². The molecule has 0 bridgehead atoms. The van der Waals surface area contributed by atoms with Gasteiger partial charge in [0.25, 0.3) is 0 Å². The number of nitrogens with zero attached hydrogens (tertiary/aromatic N) is 5. The quantitative estimate of drug-likeness (QED) is 0.541. The van der Waals surface area contributed by atoms with Crippen LogP contribution in [0.2, 0.25) is 0 Å². The van der Waals surface area contributed by atoms with E-state index >= 15 is 0 Å². The molecule has 31 heavy (non-hydrogen) atoms. The Hall–Kier alpha value is -3.71. The van der Waals surface area contributed by atoms with Gasteiger partial charge in [0.15, 0.2) is 17.2 Å². The van der Waals surface area contributed by atoms with Gasteiger partial charge in [0.2, 0.25) is 0 Å². The maximum absolute atomic E-state index is 11.3.